The highest BCUT2D eigenvalue weighted by Gasteiger charge is 2.31. The molecule has 4 rings (SSSR count). The van der Waals surface area contributed by atoms with Crippen LogP contribution in [0.2, 0.25) is 10.0 Å². The molecule has 0 fully saturated rings. The standard InChI is InChI=1S/C19H11Cl2N3O3/c20-11-5-10(6-12(21)7-11)9-1-3-13(4-2-9)24-15(25)8-14-16(17(24)22)19(27)23-18(14)26/h1-8H,22H2,(H,23,26,27). The van der Waals surface area contributed by atoms with Crippen LogP contribution in [0.15, 0.2) is 53.3 Å². The summed E-state index contributed by atoms with van der Waals surface area (Å²) in [6, 6.07) is 13.2. The summed E-state index contributed by atoms with van der Waals surface area (Å²) in [4.78, 5) is 36.1. The predicted molar refractivity (Wildman–Crippen MR) is 104 cm³/mol. The first-order valence-electron chi connectivity index (χ1n) is 7.83. The van der Waals surface area contributed by atoms with Gasteiger partial charge in [0.1, 0.15) is 5.82 Å². The molecule has 1 aliphatic rings. The number of benzene rings is 2. The van der Waals surface area contributed by atoms with Crippen LogP contribution < -0.4 is 16.6 Å². The van der Waals surface area contributed by atoms with Crippen molar-refractivity contribution in [3.63, 3.8) is 0 Å². The molecule has 3 aromatic rings. The highest BCUT2D eigenvalue weighted by atomic mass is 35.5. The normalized spacial score (nSPS) is 12.8. The van der Waals surface area contributed by atoms with Gasteiger partial charge < -0.3 is 5.73 Å². The second-order valence-electron chi connectivity index (χ2n) is 5.98. The lowest BCUT2D eigenvalue weighted by Gasteiger charge is -2.12. The molecule has 0 spiro atoms. The van der Waals surface area contributed by atoms with Gasteiger partial charge in [0.2, 0.25) is 0 Å². The van der Waals surface area contributed by atoms with Crippen molar-refractivity contribution in [3.8, 4) is 16.8 Å². The maximum absolute atomic E-state index is 12.5. The summed E-state index contributed by atoms with van der Waals surface area (Å²) in [5.41, 5.74) is 7.63. The van der Waals surface area contributed by atoms with Crippen LogP contribution in [0.5, 0.6) is 0 Å². The molecular formula is C19H11Cl2N3O3. The van der Waals surface area contributed by atoms with Crippen molar-refractivity contribution >= 4 is 40.8 Å². The van der Waals surface area contributed by atoms with Crippen molar-refractivity contribution in [1.29, 1.82) is 0 Å². The molecule has 1 aliphatic heterocycles. The monoisotopic (exact) mass is 399 g/mol. The summed E-state index contributed by atoms with van der Waals surface area (Å²) in [7, 11) is 0. The minimum Gasteiger partial charge on any atom is -0.384 e. The summed E-state index contributed by atoms with van der Waals surface area (Å²) in [6.07, 6.45) is 0. The van der Waals surface area contributed by atoms with E-state index in [1.165, 1.54) is 4.57 Å². The lowest BCUT2D eigenvalue weighted by molar-refractivity contribution is 0.0880. The molecule has 134 valence electrons. The van der Waals surface area contributed by atoms with Crippen LogP contribution in [0.25, 0.3) is 16.8 Å². The Labute approximate surface area is 163 Å². The maximum Gasteiger partial charge on any atom is 0.262 e. The molecule has 0 bridgehead atoms. The zero-order chi connectivity index (χ0) is 19.3. The first-order chi connectivity index (χ1) is 12.8. The number of hydrogen-bond donors (Lipinski definition) is 2. The van der Waals surface area contributed by atoms with E-state index >= 15 is 0 Å². The molecule has 2 heterocycles. The van der Waals surface area contributed by atoms with Gasteiger partial charge in [-0.25, -0.2) is 0 Å². The highest BCUT2D eigenvalue weighted by molar-refractivity contribution is 6.35. The van der Waals surface area contributed by atoms with Crippen molar-refractivity contribution in [2.75, 3.05) is 5.73 Å². The lowest BCUT2D eigenvalue weighted by atomic mass is 10.1. The number of nitrogens with zero attached hydrogens (tertiary/aromatic N) is 1. The molecule has 1 aromatic heterocycles. The Morgan fingerprint density at radius 2 is 1.44 bits per heavy atom. The Hall–Kier alpha value is -3.09. The smallest absolute Gasteiger partial charge is 0.262 e. The first-order valence-corrected chi connectivity index (χ1v) is 8.59. The molecule has 2 aromatic carbocycles. The van der Waals surface area contributed by atoms with Gasteiger partial charge >= 0.3 is 0 Å². The van der Waals surface area contributed by atoms with E-state index in [4.69, 9.17) is 28.9 Å². The number of nitrogen functional groups attached to an aromatic ring is 1. The van der Waals surface area contributed by atoms with E-state index in [1.807, 2.05) is 0 Å². The third-order valence-corrected chi connectivity index (χ3v) is 4.71. The Morgan fingerprint density at radius 1 is 0.815 bits per heavy atom. The molecular weight excluding hydrogens is 389 g/mol. The zero-order valence-corrected chi connectivity index (χ0v) is 15.1. The molecule has 0 saturated heterocycles. The Morgan fingerprint density at radius 3 is 2.07 bits per heavy atom. The maximum atomic E-state index is 12.5. The minimum absolute atomic E-state index is 0.00491. The van der Waals surface area contributed by atoms with Crippen molar-refractivity contribution in [2.45, 2.75) is 0 Å². The molecule has 0 unspecified atom stereocenters. The number of pyridine rings is 1. The fourth-order valence-corrected chi connectivity index (χ4v) is 3.60. The number of anilines is 1. The zero-order valence-electron chi connectivity index (χ0n) is 13.6. The van der Waals surface area contributed by atoms with Gasteiger partial charge in [0.15, 0.2) is 0 Å². The summed E-state index contributed by atoms with van der Waals surface area (Å²) in [5, 5.41) is 3.16. The van der Waals surface area contributed by atoms with Crippen molar-refractivity contribution in [1.82, 2.24) is 9.88 Å². The van der Waals surface area contributed by atoms with Gasteiger partial charge in [-0.3, -0.25) is 24.3 Å². The number of carbonyl (C=O) groups is 2. The van der Waals surface area contributed by atoms with Crippen LogP contribution in [0, 0.1) is 0 Å². The molecule has 0 radical (unpaired) electrons. The molecule has 6 nitrogen and oxygen atoms in total. The number of halogens is 2. The van der Waals surface area contributed by atoms with E-state index in [9.17, 15) is 14.4 Å². The molecule has 27 heavy (non-hydrogen) atoms. The summed E-state index contributed by atoms with van der Waals surface area (Å²) >= 11 is 12.1. The van der Waals surface area contributed by atoms with E-state index in [0.717, 1.165) is 17.2 Å². The van der Waals surface area contributed by atoms with Gasteiger partial charge in [-0.15, -0.1) is 0 Å². The van der Waals surface area contributed by atoms with Crippen LogP contribution in [0.3, 0.4) is 0 Å². The Kier molecular flexibility index (Phi) is 4.02. The second kappa shape index (κ2) is 6.26. The summed E-state index contributed by atoms with van der Waals surface area (Å²) < 4.78 is 1.19. The molecule has 2 amide bonds. The number of rotatable bonds is 2. The minimum atomic E-state index is -0.626. The third kappa shape index (κ3) is 2.89. The number of carbonyl (C=O) groups excluding carboxylic acids is 2. The van der Waals surface area contributed by atoms with Crippen molar-refractivity contribution in [2.24, 2.45) is 0 Å². The molecule has 0 aliphatic carbocycles. The topological polar surface area (TPSA) is 94.2 Å². The number of fused-ring (bicyclic) bond motifs is 1. The van der Waals surface area contributed by atoms with Crippen LogP contribution in [0.1, 0.15) is 20.7 Å². The van der Waals surface area contributed by atoms with Gasteiger partial charge in [-0.1, -0.05) is 35.3 Å². The molecule has 3 N–H and O–H groups in total. The Balaban J connectivity index is 1.82. The number of imide groups is 1. The predicted octanol–water partition coefficient (Wildman–Crippen LogP) is 3.28. The van der Waals surface area contributed by atoms with Crippen LogP contribution in [-0.2, 0) is 0 Å². The number of amides is 2. The SMILES string of the molecule is Nc1c2c(cc(=O)n1-c1ccc(-c3cc(Cl)cc(Cl)c3)cc1)C(=O)NC2=O. The molecule has 0 saturated carbocycles. The van der Waals surface area contributed by atoms with E-state index in [1.54, 1.807) is 42.5 Å². The van der Waals surface area contributed by atoms with Gasteiger partial charge in [0, 0.05) is 16.1 Å². The van der Waals surface area contributed by atoms with E-state index in [0.29, 0.717) is 15.7 Å². The second-order valence-corrected chi connectivity index (χ2v) is 6.85. The van der Waals surface area contributed by atoms with Gasteiger partial charge in [-0.05, 0) is 41.5 Å². The van der Waals surface area contributed by atoms with Crippen LogP contribution >= 0.6 is 23.2 Å². The lowest BCUT2D eigenvalue weighted by Crippen LogP contribution is -2.24. The first kappa shape index (κ1) is 17.3. The molecule has 0 atom stereocenters. The molecule has 8 heteroatoms. The Bertz CT molecular complexity index is 1160. The van der Waals surface area contributed by atoms with Gasteiger partial charge in [-0.2, -0.15) is 0 Å². The quantitative estimate of drug-likeness (QED) is 0.646. The fraction of sp³-hybridized carbons (Fsp3) is 0. The van der Waals surface area contributed by atoms with Crippen LogP contribution in [-0.4, -0.2) is 16.4 Å². The number of hydrogen-bond acceptors (Lipinski definition) is 4. The van der Waals surface area contributed by atoms with Crippen LogP contribution in [0.4, 0.5) is 5.82 Å². The van der Waals surface area contributed by atoms with E-state index in [-0.39, 0.29) is 16.9 Å². The summed E-state index contributed by atoms with van der Waals surface area (Å²) in [5.74, 6) is -1.33. The average molecular weight is 400 g/mol. The highest BCUT2D eigenvalue weighted by Crippen LogP contribution is 2.29. The van der Waals surface area contributed by atoms with E-state index in [2.05, 4.69) is 5.32 Å². The van der Waals surface area contributed by atoms with E-state index < -0.39 is 17.4 Å². The fourth-order valence-electron chi connectivity index (χ4n) is 3.07. The largest absolute Gasteiger partial charge is 0.384 e. The number of nitrogens with one attached hydrogen (secondary N) is 1. The summed E-state index contributed by atoms with van der Waals surface area (Å²) in [6.45, 7) is 0. The number of nitrogens with two attached hydrogens (primary N) is 1. The average Bonchev–Trinajstić information content (AvgIpc) is 2.88. The van der Waals surface area contributed by atoms with Gasteiger partial charge in [0.25, 0.3) is 17.4 Å². The number of aromatic nitrogens is 1. The third-order valence-electron chi connectivity index (χ3n) is 4.27. The van der Waals surface area contributed by atoms with Crippen molar-refractivity contribution in [3.05, 3.63) is 80.1 Å². The van der Waals surface area contributed by atoms with Crippen molar-refractivity contribution < 1.29 is 9.59 Å². The van der Waals surface area contributed by atoms with Gasteiger partial charge in [0.05, 0.1) is 16.8 Å².